The highest BCUT2D eigenvalue weighted by Crippen LogP contribution is 2.29. The first-order chi connectivity index (χ1) is 17.0. The van der Waals surface area contributed by atoms with Gasteiger partial charge in [-0.15, -0.1) is 0 Å². The summed E-state index contributed by atoms with van der Waals surface area (Å²) in [4.78, 5) is 31.7. The number of para-hydroxylation sites is 1. The Labute approximate surface area is 206 Å². The van der Waals surface area contributed by atoms with Crippen LogP contribution in [0.1, 0.15) is 48.3 Å². The van der Waals surface area contributed by atoms with Crippen LogP contribution in [0.25, 0.3) is 22.0 Å². The molecule has 0 aliphatic carbocycles. The number of pyridine rings is 1. The summed E-state index contributed by atoms with van der Waals surface area (Å²) in [5.41, 5.74) is 5.89. The molecule has 178 valence electrons. The number of unbranched alkanes of at least 4 members (excludes halogenated alkanes) is 1. The molecular weight excluding hydrogens is 436 g/mol. The van der Waals surface area contributed by atoms with E-state index < -0.39 is 0 Å². The van der Waals surface area contributed by atoms with Crippen molar-refractivity contribution in [2.24, 2.45) is 0 Å². The number of esters is 1. The van der Waals surface area contributed by atoms with Gasteiger partial charge in [0.1, 0.15) is 0 Å². The highest BCUT2D eigenvalue weighted by molar-refractivity contribution is 6.02. The van der Waals surface area contributed by atoms with E-state index in [1.807, 2.05) is 79.7 Å². The Morgan fingerprint density at radius 2 is 1.66 bits per heavy atom. The van der Waals surface area contributed by atoms with E-state index in [0.29, 0.717) is 18.7 Å². The van der Waals surface area contributed by atoms with E-state index >= 15 is 0 Å². The van der Waals surface area contributed by atoms with Gasteiger partial charge in [-0.3, -0.25) is 9.78 Å². The van der Waals surface area contributed by atoms with Gasteiger partial charge in [0, 0.05) is 18.0 Å². The zero-order valence-electron chi connectivity index (χ0n) is 20.5. The highest BCUT2D eigenvalue weighted by atomic mass is 16.5. The summed E-state index contributed by atoms with van der Waals surface area (Å²) in [7, 11) is 0. The van der Waals surface area contributed by atoms with Crippen molar-refractivity contribution in [3.63, 3.8) is 0 Å². The molecule has 0 N–H and O–H groups in total. The average molecular weight is 467 g/mol. The fourth-order valence-electron chi connectivity index (χ4n) is 4.15. The van der Waals surface area contributed by atoms with Crippen LogP contribution in [-0.4, -0.2) is 23.5 Å². The maximum absolute atomic E-state index is 12.7. The van der Waals surface area contributed by atoms with Crippen LogP contribution in [0.15, 0.2) is 78.9 Å². The number of aryl methyl sites for hydroxylation is 1. The van der Waals surface area contributed by atoms with Gasteiger partial charge in [-0.25, -0.2) is 4.79 Å². The van der Waals surface area contributed by atoms with Crippen molar-refractivity contribution < 1.29 is 14.3 Å². The second-order valence-corrected chi connectivity index (χ2v) is 8.64. The fraction of sp³-hybridized carbons (Fsp3) is 0.233. The van der Waals surface area contributed by atoms with Gasteiger partial charge >= 0.3 is 5.97 Å². The number of fused-ring (bicyclic) bond motifs is 1. The molecular formula is C30H30N2O3. The van der Waals surface area contributed by atoms with Gasteiger partial charge in [0.25, 0.3) is 0 Å². The van der Waals surface area contributed by atoms with Crippen LogP contribution in [0.2, 0.25) is 0 Å². The number of anilines is 1. The van der Waals surface area contributed by atoms with Gasteiger partial charge in [0.05, 0.1) is 29.9 Å². The first-order valence-corrected chi connectivity index (χ1v) is 12.0. The maximum Gasteiger partial charge on any atom is 0.338 e. The summed E-state index contributed by atoms with van der Waals surface area (Å²) in [5.74, 6) is -0.342. The number of carbonyl (C=O) groups is 2. The van der Waals surface area contributed by atoms with Crippen LogP contribution >= 0.6 is 0 Å². The number of amides is 1. The Balaban J connectivity index is 1.61. The molecule has 1 heterocycles. The second-order valence-electron chi connectivity index (χ2n) is 8.64. The molecule has 0 bridgehead atoms. The number of benzene rings is 3. The molecule has 0 radical (unpaired) electrons. The molecule has 0 fully saturated rings. The lowest BCUT2D eigenvalue weighted by molar-refractivity contribution is -0.116. The predicted molar refractivity (Wildman–Crippen MR) is 140 cm³/mol. The Kier molecular flexibility index (Phi) is 7.56. The van der Waals surface area contributed by atoms with E-state index in [2.05, 4.69) is 11.9 Å². The minimum absolute atomic E-state index is 0.0370. The molecule has 0 unspecified atom stereocenters. The van der Waals surface area contributed by atoms with E-state index in [1.165, 1.54) is 0 Å². The van der Waals surface area contributed by atoms with Gasteiger partial charge in [-0.1, -0.05) is 74.0 Å². The van der Waals surface area contributed by atoms with Crippen LogP contribution in [0, 0.1) is 6.92 Å². The van der Waals surface area contributed by atoms with Crippen molar-refractivity contribution in [3.8, 4) is 11.1 Å². The Morgan fingerprint density at radius 3 is 2.40 bits per heavy atom. The minimum Gasteiger partial charge on any atom is -0.462 e. The molecule has 4 rings (SSSR count). The minimum atomic E-state index is -0.305. The van der Waals surface area contributed by atoms with Crippen molar-refractivity contribution in [1.82, 2.24) is 4.98 Å². The van der Waals surface area contributed by atoms with Crippen LogP contribution in [0.4, 0.5) is 5.69 Å². The molecule has 0 aliphatic heterocycles. The van der Waals surface area contributed by atoms with E-state index in [0.717, 1.165) is 51.8 Å². The van der Waals surface area contributed by atoms with Crippen molar-refractivity contribution in [1.29, 1.82) is 0 Å². The number of ether oxygens (including phenoxy) is 1. The van der Waals surface area contributed by atoms with Gasteiger partial charge in [-0.2, -0.15) is 0 Å². The lowest BCUT2D eigenvalue weighted by Crippen LogP contribution is -2.28. The zero-order valence-corrected chi connectivity index (χ0v) is 20.5. The summed E-state index contributed by atoms with van der Waals surface area (Å²) < 4.78 is 5.44. The number of hydrogen-bond acceptors (Lipinski definition) is 4. The number of aromatic nitrogens is 1. The normalized spacial score (nSPS) is 10.8. The summed E-state index contributed by atoms with van der Waals surface area (Å²) in [5, 5.41) is 0.945. The summed E-state index contributed by atoms with van der Waals surface area (Å²) in [6.07, 6.45) is 1.82. The summed E-state index contributed by atoms with van der Waals surface area (Å²) >= 11 is 0. The zero-order chi connectivity index (χ0) is 24.8. The van der Waals surface area contributed by atoms with Crippen molar-refractivity contribution in [2.75, 3.05) is 11.5 Å². The summed E-state index contributed by atoms with van der Waals surface area (Å²) in [6.45, 7) is 6.44. The number of rotatable bonds is 8. The molecule has 0 spiro atoms. The Hall–Kier alpha value is -3.99. The molecule has 0 aliphatic rings. The third-order valence-electron chi connectivity index (χ3n) is 5.98. The van der Waals surface area contributed by atoms with Gasteiger partial charge in [-0.05, 0) is 48.2 Å². The standard InChI is InChI=1S/C30H30N2O3/c1-4-5-18-35-30(34)26-11-7-6-10-25(26)24-16-14-23(15-17-24)20-32(22(3)33)29-19-21(2)31-28-13-9-8-12-27(28)29/h6-17,19H,4-5,18,20H2,1-3H3. The molecule has 5 nitrogen and oxygen atoms in total. The van der Waals surface area contributed by atoms with Crippen LogP contribution < -0.4 is 4.90 Å². The molecule has 35 heavy (non-hydrogen) atoms. The third kappa shape index (κ3) is 5.57. The molecule has 1 amide bonds. The van der Waals surface area contributed by atoms with Crippen molar-refractivity contribution in [2.45, 2.75) is 40.2 Å². The molecule has 0 saturated heterocycles. The van der Waals surface area contributed by atoms with Crippen molar-refractivity contribution >= 4 is 28.5 Å². The SMILES string of the molecule is CCCCOC(=O)c1ccccc1-c1ccc(CN(C(C)=O)c2cc(C)nc3ccccc23)cc1. The second kappa shape index (κ2) is 11.0. The van der Waals surface area contributed by atoms with E-state index in [4.69, 9.17) is 4.74 Å². The predicted octanol–water partition coefficient (Wildman–Crippen LogP) is 6.72. The maximum atomic E-state index is 12.7. The molecule has 3 aromatic carbocycles. The number of nitrogens with zero attached hydrogens (tertiary/aromatic N) is 2. The molecule has 0 saturated carbocycles. The first-order valence-electron chi connectivity index (χ1n) is 12.0. The molecule has 0 atom stereocenters. The van der Waals surface area contributed by atoms with Gasteiger partial charge < -0.3 is 9.64 Å². The quantitative estimate of drug-likeness (QED) is 0.214. The topological polar surface area (TPSA) is 59.5 Å². The molecule has 4 aromatic rings. The van der Waals surface area contributed by atoms with Gasteiger partial charge in [0.2, 0.25) is 5.91 Å². The lowest BCUT2D eigenvalue weighted by Gasteiger charge is -2.23. The third-order valence-corrected chi connectivity index (χ3v) is 5.98. The number of carbonyl (C=O) groups excluding carboxylic acids is 2. The average Bonchev–Trinajstić information content (AvgIpc) is 2.87. The lowest BCUT2D eigenvalue weighted by atomic mass is 9.98. The largest absolute Gasteiger partial charge is 0.462 e. The summed E-state index contributed by atoms with van der Waals surface area (Å²) in [6, 6.07) is 25.3. The molecule has 5 heteroatoms. The van der Waals surface area contributed by atoms with Crippen LogP contribution in [0.3, 0.4) is 0 Å². The Bertz CT molecular complexity index is 1350. The molecule has 1 aromatic heterocycles. The van der Waals surface area contributed by atoms with Crippen molar-refractivity contribution in [3.05, 3.63) is 95.7 Å². The van der Waals surface area contributed by atoms with E-state index in [1.54, 1.807) is 17.9 Å². The van der Waals surface area contributed by atoms with E-state index in [9.17, 15) is 9.59 Å². The van der Waals surface area contributed by atoms with Crippen LogP contribution in [0.5, 0.6) is 0 Å². The highest BCUT2D eigenvalue weighted by Gasteiger charge is 2.17. The number of hydrogen-bond donors (Lipinski definition) is 0. The van der Waals surface area contributed by atoms with Gasteiger partial charge in [0.15, 0.2) is 0 Å². The first kappa shape index (κ1) is 24.1. The monoisotopic (exact) mass is 466 g/mol. The Morgan fingerprint density at radius 1 is 0.943 bits per heavy atom. The fourth-order valence-corrected chi connectivity index (χ4v) is 4.15. The smallest absolute Gasteiger partial charge is 0.338 e. The van der Waals surface area contributed by atoms with Crippen LogP contribution in [-0.2, 0) is 16.1 Å². The van der Waals surface area contributed by atoms with E-state index in [-0.39, 0.29) is 11.9 Å².